The van der Waals surface area contributed by atoms with Gasteiger partial charge in [0.25, 0.3) is 0 Å². The minimum absolute atomic E-state index is 0.269. The Balaban J connectivity index is 1.82. The fourth-order valence-corrected chi connectivity index (χ4v) is 4.23. The van der Waals surface area contributed by atoms with E-state index in [1.807, 2.05) is 0 Å². The molecule has 0 unspecified atom stereocenters. The second-order valence-corrected chi connectivity index (χ2v) is 7.31. The Hall–Kier alpha value is -1.00. The van der Waals surface area contributed by atoms with E-state index < -0.39 is 11.6 Å². The lowest BCUT2D eigenvalue weighted by Crippen LogP contribution is -2.38. The van der Waals surface area contributed by atoms with Crippen LogP contribution in [0, 0.1) is 19.8 Å². The fourth-order valence-electron chi connectivity index (χ4n) is 3.06. The summed E-state index contributed by atoms with van der Waals surface area (Å²) in [6.07, 6.45) is 2.39. The van der Waals surface area contributed by atoms with E-state index in [1.54, 1.807) is 11.8 Å². The molecule has 0 heterocycles. The highest BCUT2D eigenvalue weighted by atomic mass is 32.2. The number of aryl methyl sites for hydroxylation is 2. The van der Waals surface area contributed by atoms with Gasteiger partial charge in [0.2, 0.25) is 0 Å². The zero-order chi connectivity index (χ0) is 15.5. The van der Waals surface area contributed by atoms with E-state index >= 15 is 0 Å². The first-order valence-electron chi connectivity index (χ1n) is 7.48. The first kappa shape index (κ1) is 16.4. The van der Waals surface area contributed by atoms with Gasteiger partial charge in [0.15, 0.2) is 0 Å². The summed E-state index contributed by atoms with van der Waals surface area (Å²) in [7, 11) is 0. The van der Waals surface area contributed by atoms with Crippen molar-refractivity contribution < 1.29 is 15.0 Å². The van der Waals surface area contributed by atoms with Gasteiger partial charge in [0.05, 0.1) is 11.5 Å². The van der Waals surface area contributed by atoms with Crippen LogP contribution in [0.25, 0.3) is 0 Å². The van der Waals surface area contributed by atoms with Gasteiger partial charge in [-0.1, -0.05) is 29.3 Å². The molecule has 1 aliphatic carbocycles. The molecule has 0 bridgehead atoms. The monoisotopic (exact) mass is 308 g/mol. The summed E-state index contributed by atoms with van der Waals surface area (Å²) >= 11 is 1.74. The van der Waals surface area contributed by atoms with E-state index in [2.05, 4.69) is 32.0 Å². The lowest BCUT2D eigenvalue weighted by molar-refractivity contribution is -0.144. The summed E-state index contributed by atoms with van der Waals surface area (Å²) in [5.74, 6) is 0.592. The maximum Gasteiger partial charge on any atom is 0.306 e. The van der Waals surface area contributed by atoms with Crippen molar-refractivity contribution in [2.45, 2.75) is 50.9 Å². The Kier molecular flexibility index (Phi) is 5.33. The van der Waals surface area contributed by atoms with Crippen LogP contribution in [0.2, 0.25) is 0 Å². The van der Waals surface area contributed by atoms with E-state index in [9.17, 15) is 9.90 Å². The molecule has 1 aliphatic rings. The number of carboxylic acids is 1. The van der Waals surface area contributed by atoms with Crippen molar-refractivity contribution in [1.82, 2.24) is 0 Å². The van der Waals surface area contributed by atoms with Crippen LogP contribution in [-0.2, 0) is 10.5 Å². The third-order valence-corrected chi connectivity index (χ3v) is 5.47. The van der Waals surface area contributed by atoms with Gasteiger partial charge in [-0.2, -0.15) is 11.8 Å². The van der Waals surface area contributed by atoms with Crippen molar-refractivity contribution >= 4 is 17.7 Å². The van der Waals surface area contributed by atoms with Gasteiger partial charge in [-0.3, -0.25) is 4.79 Å². The Morgan fingerprint density at radius 3 is 2.33 bits per heavy atom. The Morgan fingerprint density at radius 1 is 1.24 bits per heavy atom. The molecule has 0 atom stereocenters. The minimum atomic E-state index is -0.722. The highest BCUT2D eigenvalue weighted by molar-refractivity contribution is 7.98. The van der Waals surface area contributed by atoms with E-state index in [0.29, 0.717) is 31.4 Å². The SMILES string of the molecule is Cc1cc(C)cc(CSCC2(O)CCC(C(=O)O)CC2)c1. The van der Waals surface area contributed by atoms with Crippen LogP contribution < -0.4 is 0 Å². The zero-order valence-corrected chi connectivity index (χ0v) is 13.6. The predicted molar refractivity (Wildman–Crippen MR) is 86.6 cm³/mol. The largest absolute Gasteiger partial charge is 0.481 e. The van der Waals surface area contributed by atoms with Crippen LogP contribution in [0.3, 0.4) is 0 Å². The number of rotatable bonds is 5. The molecular weight excluding hydrogens is 284 g/mol. The summed E-state index contributed by atoms with van der Waals surface area (Å²) in [4.78, 5) is 10.9. The van der Waals surface area contributed by atoms with Crippen molar-refractivity contribution in [3.63, 3.8) is 0 Å². The highest BCUT2D eigenvalue weighted by Gasteiger charge is 2.35. The second-order valence-electron chi connectivity index (χ2n) is 6.33. The molecule has 4 heteroatoms. The van der Waals surface area contributed by atoms with Crippen LogP contribution >= 0.6 is 11.8 Å². The standard InChI is InChI=1S/C17H24O3S/c1-12-7-13(2)9-14(8-12)10-21-11-17(20)5-3-15(4-6-17)16(18)19/h7-9,15,20H,3-6,10-11H2,1-2H3,(H,18,19). The summed E-state index contributed by atoms with van der Waals surface area (Å²) in [6.45, 7) is 4.20. The van der Waals surface area contributed by atoms with E-state index in [1.165, 1.54) is 16.7 Å². The van der Waals surface area contributed by atoms with Crippen molar-refractivity contribution in [1.29, 1.82) is 0 Å². The Labute approximate surface area is 130 Å². The molecule has 2 rings (SSSR count). The topological polar surface area (TPSA) is 57.5 Å². The average Bonchev–Trinajstić information content (AvgIpc) is 2.37. The maximum atomic E-state index is 10.9. The van der Waals surface area contributed by atoms with Gasteiger partial charge in [0, 0.05) is 11.5 Å². The van der Waals surface area contributed by atoms with Crippen LogP contribution in [-0.4, -0.2) is 27.5 Å². The third kappa shape index (κ3) is 4.75. The molecule has 1 fully saturated rings. The molecule has 116 valence electrons. The molecule has 21 heavy (non-hydrogen) atoms. The molecule has 0 amide bonds. The van der Waals surface area contributed by atoms with Gasteiger partial charge in [0.1, 0.15) is 0 Å². The lowest BCUT2D eigenvalue weighted by atomic mass is 9.80. The lowest BCUT2D eigenvalue weighted by Gasteiger charge is -2.34. The molecule has 0 aromatic heterocycles. The van der Waals surface area contributed by atoms with Crippen LogP contribution in [0.15, 0.2) is 18.2 Å². The van der Waals surface area contributed by atoms with Crippen molar-refractivity contribution in [3.05, 3.63) is 34.9 Å². The Morgan fingerprint density at radius 2 is 1.81 bits per heavy atom. The molecule has 0 radical (unpaired) electrons. The third-order valence-electron chi connectivity index (χ3n) is 4.19. The highest BCUT2D eigenvalue weighted by Crippen LogP contribution is 2.35. The van der Waals surface area contributed by atoms with Crippen LogP contribution in [0.4, 0.5) is 0 Å². The molecule has 2 N–H and O–H groups in total. The second kappa shape index (κ2) is 6.84. The molecule has 1 aromatic carbocycles. The zero-order valence-electron chi connectivity index (χ0n) is 12.8. The number of carbonyl (C=O) groups is 1. The van der Waals surface area contributed by atoms with E-state index in [0.717, 1.165) is 5.75 Å². The maximum absolute atomic E-state index is 10.9. The molecule has 0 aliphatic heterocycles. The summed E-state index contributed by atoms with van der Waals surface area (Å²) in [5.41, 5.74) is 3.15. The van der Waals surface area contributed by atoms with E-state index in [4.69, 9.17) is 5.11 Å². The number of thioether (sulfide) groups is 1. The summed E-state index contributed by atoms with van der Waals surface area (Å²) in [6, 6.07) is 6.53. The van der Waals surface area contributed by atoms with Crippen molar-refractivity contribution in [3.8, 4) is 0 Å². The fraction of sp³-hybridized carbons (Fsp3) is 0.588. The van der Waals surface area contributed by atoms with Gasteiger partial charge >= 0.3 is 5.97 Å². The molecule has 0 saturated heterocycles. The van der Waals surface area contributed by atoms with Crippen LogP contribution in [0.1, 0.15) is 42.4 Å². The number of hydrogen-bond donors (Lipinski definition) is 2. The molecular formula is C17H24O3S. The van der Waals surface area contributed by atoms with Gasteiger partial charge < -0.3 is 10.2 Å². The van der Waals surface area contributed by atoms with Gasteiger partial charge in [-0.15, -0.1) is 0 Å². The number of aliphatic carboxylic acids is 1. The van der Waals surface area contributed by atoms with Crippen LogP contribution in [0.5, 0.6) is 0 Å². The number of carboxylic acid groups (broad SMARTS) is 1. The summed E-state index contributed by atoms with van der Waals surface area (Å²) in [5, 5.41) is 19.5. The quantitative estimate of drug-likeness (QED) is 0.873. The summed E-state index contributed by atoms with van der Waals surface area (Å²) < 4.78 is 0. The number of benzene rings is 1. The molecule has 0 spiro atoms. The molecule has 1 saturated carbocycles. The number of hydrogen-bond acceptors (Lipinski definition) is 3. The van der Waals surface area contributed by atoms with Crippen molar-refractivity contribution in [2.24, 2.45) is 5.92 Å². The number of aliphatic hydroxyl groups is 1. The first-order valence-corrected chi connectivity index (χ1v) is 8.63. The first-order chi connectivity index (χ1) is 9.88. The normalized spacial score (nSPS) is 25.8. The van der Waals surface area contributed by atoms with Gasteiger partial charge in [-0.05, 0) is 45.1 Å². The average molecular weight is 308 g/mol. The predicted octanol–water partition coefficient (Wildman–Crippen LogP) is 3.54. The molecule has 3 nitrogen and oxygen atoms in total. The minimum Gasteiger partial charge on any atom is -0.481 e. The van der Waals surface area contributed by atoms with E-state index in [-0.39, 0.29) is 5.92 Å². The van der Waals surface area contributed by atoms with Crippen molar-refractivity contribution in [2.75, 3.05) is 5.75 Å². The van der Waals surface area contributed by atoms with Gasteiger partial charge in [-0.25, -0.2) is 0 Å². The Bertz CT molecular complexity index is 485. The molecule has 1 aromatic rings. The smallest absolute Gasteiger partial charge is 0.306 e.